The molecule has 2 rings (SSSR count). The molecule has 19 heavy (non-hydrogen) atoms. The Morgan fingerprint density at radius 1 is 1.21 bits per heavy atom. The summed E-state index contributed by atoms with van der Waals surface area (Å²) in [6, 6.07) is 10.8. The minimum Gasteiger partial charge on any atom is -0.495 e. The summed E-state index contributed by atoms with van der Waals surface area (Å²) in [5.41, 5.74) is 0.281. The number of ether oxygens (including phenoxy) is 1. The van der Waals surface area contributed by atoms with Crippen molar-refractivity contribution in [2.45, 2.75) is 0 Å². The zero-order valence-corrected chi connectivity index (χ0v) is 10.2. The average molecular weight is 261 g/mol. The van der Waals surface area contributed by atoms with Crippen molar-refractivity contribution >= 4 is 17.3 Å². The molecule has 0 aliphatic carbocycles. The van der Waals surface area contributed by atoms with E-state index in [1.807, 2.05) is 0 Å². The zero-order chi connectivity index (χ0) is 13.8. The van der Waals surface area contributed by atoms with Crippen LogP contribution in [0, 0.1) is 5.82 Å². The minimum absolute atomic E-state index is 0.0838. The predicted molar refractivity (Wildman–Crippen MR) is 69.6 cm³/mol. The van der Waals surface area contributed by atoms with Crippen LogP contribution in [0.5, 0.6) is 5.75 Å². The smallest absolute Gasteiger partial charge is 0.337 e. The van der Waals surface area contributed by atoms with Gasteiger partial charge in [-0.3, -0.25) is 0 Å². The summed E-state index contributed by atoms with van der Waals surface area (Å²) in [6.07, 6.45) is 0. The van der Waals surface area contributed by atoms with Gasteiger partial charge in [-0.15, -0.1) is 0 Å². The molecule has 0 fully saturated rings. The molecular weight excluding hydrogens is 249 g/mol. The quantitative estimate of drug-likeness (QED) is 0.886. The number of aromatic carboxylic acids is 1. The third-order valence-corrected chi connectivity index (χ3v) is 2.61. The van der Waals surface area contributed by atoms with Crippen molar-refractivity contribution in [2.75, 3.05) is 12.4 Å². The molecule has 4 nitrogen and oxygen atoms in total. The van der Waals surface area contributed by atoms with E-state index < -0.39 is 11.8 Å². The second-order valence-electron chi connectivity index (χ2n) is 3.79. The highest BCUT2D eigenvalue weighted by molar-refractivity contribution is 5.95. The molecule has 0 saturated heterocycles. The highest BCUT2D eigenvalue weighted by atomic mass is 19.1. The Labute approximate surface area is 109 Å². The molecule has 0 heterocycles. The van der Waals surface area contributed by atoms with E-state index in [0.29, 0.717) is 11.4 Å². The topological polar surface area (TPSA) is 58.6 Å². The summed E-state index contributed by atoms with van der Waals surface area (Å²) in [6.45, 7) is 0. The molecule has 0 saturated carbocycles. The summed E-state index contributed by atoms with van der Waals surface area (Å²) >= 11 is 0. The molecule has 0 atom stereocenters. The lowest BCUT2D eigenvalue weighted by atomic mass is 10.1. The number of anilines is 2. The van der Waals surface area contributed by atoms with Crippen LogP contribution < -0.4 is 10.1 Å². The standard InChI is InChI=1S/C14H12FNO3/c1-19-12-8-3-2-7-11(12)16-13-9(14(17)18)5-4-6-10(13)15/h2-8,16H,1H3,(H,17,18). The monoisotopic (exact) mass is 261 g/mol. The van der Waals surface area contributed by atoms with Gasteiger partial charge < -0.3 is 15.2 Å². The molecule has 2 N–H and O–H groups in total. The lowest BCUT2D eigenvalue weighted by Crippen LogP contribution is -2.05. The van der Waals surface area contributed by atoms with Crippen molar-refractivity contribution in [3.05, 3.63) is 53.8 Å². The fourth-order valence-electron chi connectivity index (χ4n) is 1.71. The fourth-order valence-corrected chi connectivity index (χ4v) is 1.71. The van der Waals surface area contributed by atoms with Gasteiger partial charge in [0, 0.05) is 0 Å². The Morgan fingerprint density at radius 2 is 1.95 bits per heavy atom. The van der Waals surface area contributed by atoms with E-state index >= 15 is 0 Å². The predicted octanol–water partition coefficient (Wildman–Crippen LogP) is 3.28. The maximum absolute atomic E-state index is 13.8. The van der Waals surface area contributed by atoms with Gasteiger partial charge in [0.05, 0.1) is 24.0 Å². The zero-order valence-electron chi connectivity index (χ0n) is 10.2. The van der Waals surface area contributed by atoms with Crippen LogP contribution in [0.1, 0.15) is 10.4 Å². The van der Waals surface area contributed by atoms with E-state index in [9.17, 15) is 9.18 Å². The first-order chi connectivity index (χ1) is 9.13. The molecule has 0 bridgehead atoms. The molecule has 2 aromatic rings. The molecular formula is C14H12FNO3. The number of carboxylic acids is 1. The van der Waals surface area contributed by atoms with Gasteiger partial charge in [0.15, 0.2) is 0 Å². The van der Waals surface area contributed by atoms with Gasteiger partial charge in [-0.05, 0) is 24.3 Å². The van der Waals surface area contributed by atoms with E-state index in [1.54, 1.807) is 24.3 Å². The molecule has 0 aromatic heterocycles. The summed E-state index contributed by atoms with van der Waals surface area (Å²) < 4.78 is 18.9. The van der Waals surface area contributed by atoms with E-state index in [-0.39, 0.29) is 11.3 Å². The second-order valence-corrected chi connectivity index (χ2v) is 3.79. The van der Waals surface area contributed by atoms with E-state index in [4.69, 9.17) is 9.84 Å². The highest BCUT2D eigenvalue weighted by Crippen LogP contribution is 2.30. The maximum Gasteiger partial charge on any atom is 0.337 e. The first-order valence-corrected chi connectivity index (χ1v) is 5.55. The first kappa shape index (κ1) is 12.9. The highest BCUT2D eigenvalue weighted by Gasteiger charge is 2.15. The van der Waals surface area contributed by atoms with Gasteiger partial charge in [0.1, 0.15) is 11.6 Å². The van der Waals surface area contributed by atoms with Crippen LogP contribution in [-0.2, 0) is 0 Å². The van der Waals surface area contributed by atoms with Gasteiger partial charge in [-0.1, -0.05) is 18.2 Å². The average Bonchev–Trinajstić information content (AvgIpc) is 2.41. The Kier molecular flexibility index (Phi) is 3.66. The molecule has 0 aliphatic rings. The molecule has 98 valence electrons. The molecule has 0 amide bonds. The van der Waals surface area contributed by atoms with Crippen molar-refractivity contribution in [3.63, 3.8) is 0 Å². The number of halogens is 1. The van der Waals surface area contributed by atoms with E-state index in [1.165, 1.54) is 25.3 Å². The van der Waals surface area contributed by atoms with E-state index in [2.05, 4.69) is 5.32 Å². The number of hydrogen-bond donors (Lipinski definition) is 2. The van der Waals surface area contributed by atoms with E-state index in [0.717, 1.165) is 0 Å². The molecule has 0 radical (unpaired) electrons. The fraction of sp³-hybridized carbons (Fsp3) is 0.0714. The summed E-state index contributed by atoms with van der Waals surface area (Å²) in [4.78, 5) is 11.1. The largest absolute Gasteiger partial charge is 0.495 e. The van der Waals surface area contributed by atoms with Crippen LogP contribution >= 0.6 is 0 Å². The number of para-hydroxylation sites is 3. The summed E-state index contributed by atoms with van der Waals surface area (Å²) in [7, 11) is 1.49. The van der Waals surface area contributed by atoms with Crippen LogP contribution in [0.25, 0.3) is 0 Å². The number of carbonyl (C=O) groups is 1. The summed E-state index contributed by atoms with van der Waals surface area (Å²) in [5, 5.41) is 11.8. The van der Waals surface area contributed by atoms with Crippen LogP contribution in [0.15, 0.2) is 42.5 Å². The number of methoxy groups -OCH3 is 1. The SMILES string of the molecule is COc1ccccc1Nc1c(F)cccc1C(=O)O. The third kappa shape index (κ3) is 2.65. The third-order valence-electron chi connectivity index (χ3n) is 2.61. The van der Waals surface area contributed by atoms with Crippen molar-refractivity contribution in [1.82, 2.24) is 0 Å². The maximum atomic E-state index is 13.8. The molecule has 5 heteroatoms. The van der Waals surface area contributed by atoms with Gasteiger partial charge in [-0.25, -0.2) is 9.18 Å². The lowest BCUT2D eigenvalue weighted by molar-refractivity contribution is 0.0697. The summed E-state index contributed by atoms with van der Waals surface area (Å²) in [5.74, 6) is -1.33. The first-order valence-electron chi connectivity index (χ1n) is 5.55. The Balaban J connectivity index is 2.46. The van der Waals surface area contributed by atoms with Gasteiger partial charge in [-0.2, -0.15) is 0 Å². The van der Waals surface area contributed by atoms with Crippen molar-refractivity contribution < 1.29 is 19.0 Å². The number of benzene rings is 2. The molecule has 2 aromatic carbocycles. The van der Waals surface area contributed by atoms with Crippen LogP contribution in [0.3, 0.4) is 0 Å². The van der Waals surface area contributed by atoms with Crippen LogP contribution in [0.4, 0.5) is 15.8 Å². The van der Waals surface area contributed by atoms with Gasteiger partial charge >= 0.3 is 5.97 Å². The number of carboxylic acid groups (broad SMARTS) is 1. The lowest BCUT2D eigenvalue weighted by Gasteiger charge is -2.13. The second kappa shape index (κ2) is 5.39. The molecule has 0 aliphatic heterocycles. The molecule has 0 spiro atoms. The van der Waals surface area contributed by atoms with Crippen LogP contribution in [-0.4, -0.2) is 18.2 Å². The van der Waals surface area contributed by atoms with Crippen LogP contribution in [0.2, 0.25) is 0 Å². The van der Waals surface area contributed by atoms with Crippen molar-refractivity contribution in [3.8, 4) is 5.75 Å². The van der Waals surface area contributed by atoms with Gasteiger partial charge in [0.2, 0.25) is 0 Å². The van der Waals surface area contributed by atoms with Crippen molar-refractivity contribution in [2.24, 2.45) is 0 Å². The Morgan fingerprint density at radius 3 is 2.63 bits per heavy atom. The molecule has 0 unspecified atom stereocenters. The minimum atomic E-state index is -1.20. The number of hydrogen-bond acceptors (Lipinski definition) is 3. The number of nitrogens with one attached hydrogen (secondary N) is 1. The Hall–Kier alpha value is -2.56. The normalized spacial score (nSPS) is 10.0. The Bertz CT molecular complexity index is 613. The van der Waals surface area contributed by atoms with Gasteiger partial charge in [0.25, 0.3) is 0 Å². The number of rotatable bonds is 4. The van der Waals surface area contributed by atoms with Crippen molar-refractivity contribution in [1.29, 1.82) is 0 Å².